The molecule has 26 heavy (non-hydrogen) atoms. The van der Waals surface area contributed by atoms with E-state index in [0.29, 0.717) is 18.1 Å². The molecule has 0 unspecified atom stereocenters. The maximum Gasteiger partial charge on any atom is 0.324 e. The summed E-state index contributed by atoms with van der Waals surface area (Å²) >= 11 is 3.10. The van der Waals surface area contributed by atoms with Gasteiger partial charge in [0.2, 0.25) is 5.91 Å². The number of urea groups is 1. The van der Waals surface area contributed by atoms with Gasteiger partial charge in [-0.3, -0.25) is 10.1 Å². The Morgan fingerprint density at radius 3 is 2.88 bits per heavy atom. The Morgan fingerprint density at radius 2 is 2.15 bits per heavy atom. The van der Waals surface area contributed by atoms with Crippen LogP contribution in [0.4, 0.5) is 9.93 Å². The molecule has 3 heterocycles. The number of nitrogens with two attached hydrogens (primary N) is 1. The largest absolute Gasteiger partial charge is 0.368 e. The highest BCUT2D eigenvalue weighted by molar-refractivity contribution is 7.19. The second-order valence-corrected chi connectivity index (χ2v) is 8.83. The van der Waals surface area contributed by atoms with Crippen LogP contribution < -0.4 is 11.1 Å². The van der Waals surface area contributed by atoms with Crippen LogP contribution in [0.5, 0.6) is 0 Å². The lowest BCUT2D eigenvalue weighted by molar-refractivity contribution is -0.121. The molecule has 2 aromatic rings. The molecule has 9 heteroatoms. The van der Waals surface area contributed by atoms with Crippen LogP contribution in [0.3, 0.4) is 0 Å². The minimum absolute atomic E-state index is 0.320. The second kappa shape index (κ2) is 6.96. The summed E-state index contributed by atoms with van der Waals surface area (Å²) in [6.07, 6.45) is 5.09. The Morgan fingerprint density at radius 1 is 1.35 bits per heavy atom. The Balaban J connectivity index is 1.46. The number of thiazole rings is 2. The van der Waals surface area contributed by atoms with Gasteiger partial charge in [0.25, 0.3) is 0 Å². The molecule has 1 aliphatic heterocycles. The topological polar surface area (TPSA) is 101 Å². The highest BCUT2D eigenvalue weighted by atomic mass is 32.1. The number of anilines is 1. The third kappa shape index (κ3) is 3.59. The van der Waals surface area contributed by atoms with E-state index in [1.165, 1.54) is 34.1 Å². The standard InChI is InChI=1S/C17H21N5O2S2/c1-9-14(11-8-25-13(20-11)7-10-4-5-10)26-16(19-9)21-17(24)22-6-2-3-12(22)15(18)23/h8,10,12H,2-7H2,1H3,(H2,18,23)(H,19,21,24)/t12-/m0/s1. The van der Waals surface area contributed by atoms with E-state index in [1.807, 2.05) is 6.92 Å². The van der Waals surface area contributed by atoms with E-state index in [9.17, 15) is 9.59 Å². The number of aryl methyl sites for hydroxylation is 1. The molecule has 1 saturated heterocycles. The first-order valence-electron chi connectivity index (χ1n) is 8.80. The minimum atomic E-state index is -0.529. The molecule has 3 amide bonds. The number of hydrogen-bond donors (Lipinski definition) is 2. The van der Waals surface area contributed by atoms with Crippen molar-refractivity contribution in [2.45, 2.75) is 45.1 Å². The molecule has 1 saturated carbocycles. The number of aromatic nitrogens is 2. The van der Waals surface area contributed by atoms with Crippen LogP contribution in [0.15, 0.2) is 5.38 Å². The Hall–Kier alpha value is -2.00. The van der Waals surface area contributed by atoms with Crippen molar-refractivity contribution in [1.29, 1.82) is 0 Å². The predicted octanol–water partition coefficient (Wildman–Crippen LogP) is 3.01. The molecule has 2 fully saturated rings. The van der Waals surface area contributed by atoms with Crippen molar-refractivity contribution in [3.63, 3.8) is 0 Å². The highest BCUT2D eigenvalue weighted by Crippen LogP contribution is 2.37. The maximum atomic E-state index is 12.5. The Bertz CT molecular complexity index is 842. The summed E-state index contributed by atoms with van der Waals surface area (Å²) in [6, 6.07) is -0.849. The molecular weight excluding hydrogens is 370 g/mol. The van der Waals surface area contributed by atoms with E-state index < -0.39 is 11.9 Å². The molecule has 7 nitrogen and oxygen atoms in total. The number of rotatable bonds is 5. The lowest BCUT2D eigenvalue weighted by Gasteiger charge is -2.21. The van der Waals surface area contributed by atoms with E-state index in [-0.39, 0.29) is 6.03 Å². The van der Waals surface area contributed by atoms with Gasteiger partial charge < -0.3 is 10.6 Å². The summed E-state index contributed by atoms with van der Waals surface area (Å²) in [5.41, 5.74) is 7.16. The first kappa shape index (κ1) is 17.4. The third-order valence-electron chi connectivity index (χ3n) is 4.80. The van der Waals surface area contributed by atoms with Crippen molar-refractivity contribution in [2.75, 3.05) is 11.9 Å². The highest BCUT2D eigenvalue weighted by Gasteiger charge is 2.33. The fourth-order valence-corrected chi connectivity index (χ4v) is 5.13. The Labute approximate surface area is 159 Å². The zero-order valence-electron chi connectivity index (χ0n) is 14.5. The molecule has 1 atom stereocenters. The first-order valence-corrected chi connectivity index (χ1v) is 10.5. The molecule has 0 spiro atoms. The van der Waals surface area contributed by atoms with E-state index >= 15 is 0 Å². The van der Waals surface area contributed by atoms with Crippen LogP contribution in [0.2, 0.25) is 0 Å². The van der Waals surface area contributed by atoms with Crippen LogP contribution in [0, 0.1) is 12.8 Å². The number of amides is 3. The predicted molar refractivity (Wildman–Crippen MR) is 102 cm³/mol. The molecular formula is C17H21N5O2S2. The van der Waals surface area contributed by atoms with Crippen LogP contribution >= 0.6 is 22.7 Å². The van der Waals surface area contributed by atoms with Gasteiger partial charge in [-0.05, 0) is 38.5 Å². The monoisotopic (exact) mass is 391 g/mol. The number of likely N-dealkylation sites (tertiary alicyclic amines) is 1. The van der Waals surface area contributed by atoms with Crippen molar-refractivity contribution in [3.05, 3.63) is 16.1 Å². The van der Waals surface area contributed by atoms with Gasteiger partial charge in [-0.15, -0.1) is 11.3 Å². The molecule has 3 N–H and O–H groups in total. The summed E-state index contributed by atoms with van der Waals surface area (Å²) in [4.78, 5) is 35.6. The van der Waals surface area contributed by atoms with Gasteiger partial charge in [-0.2, -0.15) is 0 Å². The second-order valence-electron chi connectivity index (χ2n) is 6.89. The summed E-state index contributed by atoms with van der Waals surface area (Å²) in [7, 11) is 0. The van der Waals surface area contributed by atoms with E-state index in [0.717, 1.165) is 35.0 Å². The van der Waals surface area contributed by atoms with Gasteiger partial charge in [0.15, 0.2) is 5.13 Å². The number of nitrogens with one attached hydrogen (secondary N) is 1. The summed E-state index contributed by atoms with van der Waals surface area (Å²) in [6.45, 7) is 2.46. The summed E-state index contributed by atoms with van der Waals surface area (Å²) in [5, 5.41) is 6.57. The molecule has 138 valence electrons. The van der Waals surface area contributed by atoms with Crippen LogP contribution in [-0.4, -0.2) is 39.4 Å². The van der Waals surface area contributed by atoms with Gasteiger partial charge in [-0.25, -0.2) is 14.8 Å². The number of primary amides is 1. The van der Waals surface area contributed by atoms with Gasteiger partial charge in [0.1, 0.15) is 6.04 Å². The van der Waals surface area contributed by atoms with Gasteiger partial charge in [-0.1, -0.05) is 11.3 Å². The average molecular weight is 392 g/mol. The van der Waals surface area contributed by atoms with E-state index in [4.69, 9.17) is 10.7 Å². The lowest BCUT2D eigenvalue weighted by Crippen LogP contribution is -2.45. The van der Waals surface area contributed by atoms with E-state index in [1.54, 1.807) is 11.3 Å². The first-order chi connectivity index (χ1) is 12.5. The average Bonchev–Trinajstić information content (AvgIpc) is 3.01. The molecule has 2 aromatic heterocycles. The smallest absolute Gasteiger partial charge is 0.324 e. The summed E-state index contributed by atoms with van der Waals surface area (Å²) in [5.74, 6) is 0.351. The maximum absolute atomic E-state index is 12.5. The third-order valence-corrected chi connectivity index (χ3v) is 6.76. The van der Waals surface area contributed by atoms with Crippen LogP contribution in [-0.2, 0) is 11.2 Å². The fourth-order valence-electron chi connectivity index (χ4n) is 3.23. The number of hydrogen-bond acceptors (Lipinski definition) is 6. The van der Waals surface area contributed by atoms with E-state index in [2.05, 4.69) is 15.7 Å². The quantitative estimate of drug-likeness (QED) is 0.818. The van der Waals surface area contributed by atoms with Gasteiger partial charge >= 0.3 is 6.03 Å². The van der Waals surface area contributed by atoms with Crippen molar-refractivity contribution >= 4 is 39.7 Å². The summed E-state index contributed by atoms with van der Waals surface area (Å²) < 4.78 is 0. The van der Waals surface area contributed by atoms with Crippen LogP contribution in [0.1, 0.15) is 36.4 Å². The zero-order valence-corrected chi connectivity index (χ0v) is 16.2. The minimum Gasteiger partial charge on any atom is -0.368 e. The molecule has 1 aliphatic carbocycles. The normalized spacial score (nSPS) is 19.7. The van der Waals surface area contributed by atoms with Crippen molar-refractivity contribution in [2.24, 2.45) is 11.7 Å². The number of nitrogens with zero attached hydrogens (tertiary/aromatic N) is 3. The van der Waals surface area contributed by atoms with Gasteiger partial charge in [0.05, 0.1) is 21.3 Å². The van der Waals surface area contributed by atoms with Crippen molar-refractivity contribution < 1.29 is 9.59 Å². The number of carbonyl (C=O) groups excluding carboxylic acids is 2. The molecule has 2 aliphatic rings. The van der Waals surface area contributed by atoms with Crippen molar-refractivity contribution in [3.8, 4) is 10.6 Å². The number of carbonyl (C=O) groups is 2. The van der Waals surface area contributed by atoms with Crippen molar-refractivity contribution in [1.82, 2.24) is 14.9 Å². The SMILES string of the molecule is Cc1nc(NC(=O)N2CCC[C@H]2C(N)=O)sc1-c1csc(CC2CC2)n1. The van der Waals surface area contributed by atoms with Crippen LogP contribution in [0.25, 0.3) is 10.6 Å². The molecule has 0 bridgehead atoms. The molecule has 0 radical (unpaired) electrons. The molecule has 4 rings (SSSR count). The van der Waals surface area contributed by atoms with Gasteiger partial charge in [0, 0.05) is 18.3 Å². The Kier molecular flexibility index (Phi) is 4.66. The lowest BCUT2D eigenvalue weighted by atomic mass is 10.2. The zero-order chi connectivity index (χ0) is 18.3. The molecule has 0 aromatic carbocycles. The fraction of sp³-hybridized carbons (Fsp3) is 0.529.